The van der Waals surface area contributed by atoms with E-state index in [-0.39, 0.29) is 73.6 Å². The van der Waals surface area contributed by atoms with Gasteiger partial charge in [-0.05, 0) is 62.5 Å². The van der Waals surface area contributed by atoms with Gasteiger partial charge in [0.15, 0.2) is 0 Å². The van der Waals surface area contributed by atoms with Crippen molar-refractivity contribution in [2.45, 2.75) is 201 Å². The summed E-state index contributed by atoms with van der Waals surface area (Å²) in [5.74, 6) is -0.291. The predicted molar refractivity (Wildman–Crippen MR) is 251 cm³/mol. The molecule has 0 atom stereocenters. The average Bonchev–Trinajstić information content (AvgIpc) is 3.27. The minimum absolute atomic E-state index is 0.00171. The summed E-state index contributed by atoms with van der Waals surface area (Å²) in [4.78, 5) is 53.5. The van der Waals surface area contributed by atoms with Crippen LogP contribution in [0.5, 0.6) is 0 Å². The molecule has 0 N–H and O–H groups in total. The number of nitrogens with zero attached hydrogens (tertiary/aromatic N) is 1. The molecule has 1 saturated carbocycles. The van der Waals surface area contributed by atoms with Crippen molar-refractivity contribution < 1.29 is 42.9 Å². The van der Waals surface area contributed by atoms with Gasteiger partial charge in [-0.25, -0.2) is 0 Å². The monoisotopic (exact) mass is 884 g/mol. The summed E-state index contributed by atoms with van der Waals surface area (Å²) in [6, 6.07) is 10.2. The predicted octanol–water partition coefficient (Wildman–Crippen LogP) is 12.1. The second-order valence-electron chi connectivity index (χ2n) is 19.4. The first-order valence-corrected chi connectivity index (χ1v) is 25.6. The van der Waals surface area contributed by atoms with E-state index < -0.39 is 0 Å². The molecule has 3 fully saturated rings. The normalized spacial score (nSPS) is 18.3. The standard InChI is InChI=1S/C53H89NO9/c1-5-9-14-22-45(23-15-10-6-2)32-36-60-48(55)28-30-50(57)62-43-52-39-53(40-52,42-54(41-52)34-20-21-35-59-38-47-26-18-13-19-27-47)44-63-51(58)31-29-49(56)61-37-33-46(24-16-11-7-3)25-17-12-8-4/h13,18-19,26-27,45-46H,5-12,14-17,20-25,28-44H2,1-4H3. The molecule has 2 heterocycles. The number of hydrogen-bond acceptors (Lipinski definition) is 10. The Balaban J connectivity index is 1.43. The quantitative estimate of drug-likeness (QED) is 0.0359. The Labute approximate surface area is 383 Å². The van der Waals surface area contributed by atoms with Crippen LogP contribution in [-0.4, -0.2) is 81.4 Å². The first-order valence-electron chi connectivity index (χ1n) is 25.6. The Morgan fingerprint density at radius 2 is 0.921 bits per heavy atom. The Morgan fingerprint density at radius 3 is 1.33 bits per heavy atom. The molecule has 2 bridgehead atoms. The molecule has 0 aromatic heterocycles. The van der Waals surface area contributed by atoms with Gasteiger partial charge in [0.05, 0.1) is 58.7 Å². The number of esters is 4. The van der Waals surface area contributed by atoms with Gasteiger partial charge in [0.25, 0.3) is 0 Å². The molecule has 4 rings (SSSR count). The van der Waals surface area contributed by atoms with Crippen LogP contribution in [0, 0.1) is 22.7 Å². The molecule has 10 nitrogen and oxygen atoms in total. The highest BCUT2D eigenvalue weighted by atomic mass is 16.5. The zero-order chi connectivity index (χ0) is 45.4. The topological polar surface area (TPSA) is 118 Å². The third-order valence-electron chi connectivity index (χ3n) is 13.3. The van der Waals surface area contributed by atoms with Crippen LogP contribution in [0.25, 0.3) is 0 Å². The van der Waals surface area contributed by atoms with Gasteiger partial charge in [0.1, 0.15) is 0 Å². The summed E-state index contributed by atoms with van der Waals surface area (Å²) < 4.78 is 28.8. The van der Waals surface area contributed by atoms with Crippen molar-refractivity contribution in [3.8, 4) is 0 Å². The lowest BCUT2D eigenvalue weighted by atomic mass is 9.50. The highest BCUT2D eigenvalue weighted by molar-refractivity contribution is 5.78. The van der Waals surface area contributed by atoms with Gasteiger partial charge in [0.2, 0.25) is 0 Å². The van der Waals surface area contributed by atoms with Gasteiger partial charge in [-0.15, -0.1) is 0 Å². The summed E-state index contributed by atoms with van der Waals surface area (Å²) in [7, 11) is 0. The largest absolute Gasteiger partial charge is 0.466 e. The lowest BCUT2D eigenvalue weighted by molar-refractivity contribution is -0.197. The van der Waals surface area contributed by atoms with Gasteiger partial charge in [-0.2, -0.15) is 0 Å². The molecule has 63 heavy (non-hydrogen) atoms. The Morgan fingerprint density at radius 1 is 0.508 bits per heavy atom. The average molecular weight is 884 g/mol. The Hall–Kier alpha value is -2.98. The molecule has 0 amide bonds. The van der Waals surface area contributed by atoms with Crippen LogP contribution < -0.4 is 0 Å². The first-order chi connectivity index (χ1) is 30.6. The van der Waals surface area contributed by atoms with E-state index in [1.165, 1.54) is 103 Å². The summed E-state index contributed by atoms with van der Waals surface area (Å²) >= 11 is 0. The number of ether oxygens (including phenoxy) is 5. The summed E-state index contributed by atoms with van der Waals surface area (Å²) in [5, 5.41) is 0. The number of hydrogen-bond donors (Lipinski definition) is 0. The summed E-state index contributed by atoms with van der Waals surface area (Å²) in [6.45, 7) is 14.0. The molecule has 0 radical (unpaired) electrons. The van der Waals surface area contributed by atoms with Crippen LogP contribution in [0.15, 0.2) is 30.3 Å². The van der Waals surface area contributed by atoms with Crippen molar-refractivity contribution >= 4 is 23.9 Å². The minimum Gasteiger partial charge on any atom is -0.466 e. The van der Waals surface area contributed by atoms with E-state index >= 15 is 0 Å². The molecule has 1 aromatic rings. The molecule has 0 unspecified atom stereocenters. The van der Waals surface area contributed by atoms with Gasteiger partial charge in [0, 0.05) is 30.5 Å². The van der Waals surface area contributed by atoms with Crippen LogP contribution in [0.2, 0.25) is 0 Å². The van der Waals surface area contributed by atoms with Gasteiger partial charge in [-0.1, -0.05) is 161 Å². The van der Waals surface area contributed by atoms with Gasteiger partial charge < -0.3 is 28.6 Å². The van der Waals surface area contributed by atoms with Crippen LogP contribution in [-0.2, 0) is 49.5 Å². The molecular formula is C53H89NO9. The first kappa shape index (κ1) is 54.4. The fraction of sp³-hybridized carbons (Fsp3) is 0.811. The molecule has 1 aliphatic carbocycles. The zero-order valence-electron chi connectivity index (χ0n) is 40.4. The van der Waals surface area contributed by atoms with Crippen molar-refractivity contribution in [2.24, 2.45) is 22.7 Å². The van der Waals surface area contributed by atoms with E-state index in [2.05, 4.69) is 44.7 Å². The third-order valence-corrected chi connectivity index (χ3v) is 13.3. The van der Waals surface area contributed by atoms with Crippen molar-refractivity contribution in [3.63, 3.8) is 0 Å². The van der Waals surface area contributed by atoms with Crippen molar-refractivity contribution in [2.75, 3.05) is 52.7 Å². The SMILES string of the molecule is CCCCCC(CCCCC)CCOC(=O)CCC(=O)OCC12CN(CCCCOCc3ccccc3)CC(COC(=O)CCC(=O)OCCC(CCCCC)CCCCC)(C1)C2. The smallest absolute Gasteiger partial charge is 0.306 e. The lowest BCUT2D eigenvalue weighted by Gasteiger charge is -2.63. The lowest BCUT2D eigenvalue weighted by Crippen LogP contribution is -2.66. The van der Waals surface area contributed by atoms with Crippen LogP contribution in [0.4, 0.5) is 0 Å². The van der Waals surface area contributed by atoms with E-state index in [0.29, 0.717) is 38.3 Å². The number of rotatable bonds is 39. The number of carbonyl (C=O) groups is 4. The van der Waals surface area contributed by atoms with Crippen LogP contribution >= 0.6 is 0 Å². The second kappa shape index (κ2) is 32.6. The van der Waals surface area contributed by atoms with Gasteiger partial charge in [-0.3, -0.25) is 19.2 Å². The fourth-order valence-corrected chi connectivity index (χ4v) is 9.97. The molecule has 2 saturated heterocycles. The molecule has 1 aromatic carbocycles. The molecule has 2 aliphatic heterocycles. The van der Waals surface area contributed by atoms with Crippen molar-refractivity contribution in [3.05, 3.63) is 35.9 Å². The highest BCUT2D eigenvalue weighted by Crippen LogP contribution is 2.59. The second-order valence-corrected chi connectivity index (χ2v) is 19.4. The van der Waals surface area contributed by atoms with E-state index in [1.807, 2.05) is 18.2 Å². The molecule has 0 spiro atoms. The fourth-order valence-electron chi connectivity index (χ4n) is 9.97. The van der Waals surface area contributed by atoms with Crippen LogP contribution in [0.3, 0.4) is 0 Å². The number of carbonyl (C=O) groups excluding carboxylic acids is 4. The van der Waals surface area contributed by atoms with E-state index in [0.717, 1.165) is 63.7 Å². The van der Waals surface area contributed by atoms with E-state index in [1.54, 1.807) is 0 Å². The highest BCUT2D eigenvalue weighted by Gasteiger charge is 2.60. The molecular weight excluding hydrogens is 795 g/mol. The Bertz CT molecular complexity index is 1280. The third kappa shape index (κ3) is 23.7. The van der Waals surface area contributed by atoms with E-state index in [4.69, 9.17) is 23.7 Å². The number of piperidine rings is 2. The molecule has 360 valence electrons. The Kier molecular flexibility index (Phi) is 28.2. The van der Waals surface area contributed by atoms with E-state index in [9.17, 15) is 19.2 Å². The number of unbranched alkanes of at least 4 members (excludes halogenated alkanes) is 9. The minimum atomic E-state index is -0.384. The molecule has 3 aliphatic rings. The number of benzene rings is 1. The molecule has 10 heteroatoms. The van der Waals surface area contributed by atoms with Gasteiger partial charge >= 0.3 is 23.9 Å². The maximum absolute atomic E-state index is 12.9. The number of fused-ring (bicyclic) bond motifs is 2. The summed E-state index contributed by atoms with van der Waals surface area (Å²) in [5.41, 5.74) is 0.697. The maximum Gasteiger partial charge on any atom is 0.306 e. The zero-order valence-corrected chi connectivity index (χ0v) is 40.4. The van der Waals surface area contributed by atoms with Crippen LogP contribution in [0.1, 0.15) is 200 Å². The maximum atomic E-state index is 12.9. The van der Waals surface area contributed by atoms with Crippen molar-refractivity contribution in [1.82, 2.24) is 4.90 Å². The van der Waals surface area contributed by atoms with Crippen molar-refractivity contribution in [1.29, 1.82) is 0 Å². The summed E-state index contributed by atoms with van der Waals surface area (Å²) in [6.07, 6.45) is 24.7.